The number of rotatable bonds is 4. The van der Waals surface area contributed by atoms with Crippen molar-refractivity contribution in [3.8, 4) is 11.4 Å². The molecule has 1 fully saturated rings. The Bertz CT molecular complexity index is 753. The Morgan fingerprint density at radius 3 is 2.31 bits per heavy atom. The van der Waals surface area contributed by atoms with E-state index in [4.69, 9.17) is 4.74 Å². The average Bonchev–Trinajstić information content (AvgIpc) is 2.85. The summed E-state index contributed by atoms with van der Waals surface area (Å²) < 4.78 is 5.20. The third-order valence-corrected chi connectivity index (χ3v) is 4.81. The van der Waals surface area contributed by atoms with Gasteiger partial charge < -0.3 is 14.6 Å². The topological polar surface area (TPSA) is 75.3 Å². The number of imidazole rings is 1. The highest BCUT2D eigenvalue weighted by atomic mass is 16.5. The van der Waals surface area contributed by atoms with Gasteiger partial charge in [0, 0.05) is 24.3 Å². The van der Waals surface area contributed by atoms with Crippen molar-refractivity contribution in [2.24, 2.45) is 0 Å². The van der Waals surface area contributed by atoms with Crippen LogP contribution in [0.4, 0.5) is 0 Å². The number of aryl methyl sites for hydroxylation is 2. The van der Waals surface area contributed by atoms with Crippen LogP contribution in [0.15, 0.2) is 24.3 Å². The third-order valence-electron chi connectivity index (χ3n) is 4.81. The average molecular weight is 355 g/mol. The summed E-state index contributed by atoms with van der Waals surface area (Å²) >= 11 is 0. The number of aromatic amines is 1. The molecule has 3 rings (SSSR count). The van der Waals surface area contributed by atoms with Crippen molar-refractivity contribution in [3.63, 3.8) is 0 Å². The number of carbonyl (C=O) groups excluding carboxylic acids is 2. The van der Waals surface area contributed by atoms with Crippen molar-refractivity contribution in [3.05, 3.63) is 41.2 Å². The molecule has 1 amide bonds. The van der Waals surface area contributed by atoms with Crippen LogP contribution >= 0.6 is 0 Å². The van der Waals surface area contributed by atoms with E-state index in [1.54, 1.807) is 17.0 Å². The first-order chi connectivity index (χ1) is 12.5. The summed E-state index contributed by atoms with van der Waals surface area (Å²) in [5.41, 5.74) is 3.31. The standard InChI is InChI=1S/C20H25N3O3/c1-14-15(2)22-19(21-14)16-7-9-17(10-8-16)20(25)26-13-18(24)23-11-5-3-4-6-12-23/h7-10H,3-6,11-13H2,1-2H3,(H,21,22). The lowest BCUT2D eigenvalue weighted by atomic mass is 10.1. The number of amides is 1. The predicted molar refractivity (Wildman–Crippen MR) is 98.8 cm³/mol. The van der Waals surface area contributed by atoms with Crippen molar-refractivity contribution in [2.45, 2.75) is 39.5 Å². The van der Waals surface area contributed by atoms with Gasteiger partial charge in [-0.25, -0.2) is 9.78 Å². The first kappa shape index (κ1) is 18.2. The number of likely N-dealkylation sites (tertiary alicyclic amines) is 1. The minimum absolute atomic E-state index is 0.113. The number of esters is 1. The van der Waals surface area contributed by atoms with Crippen molar-refractivity contribution >= 4 is 11.9 Å². The molecular formula is C20H25N3O3. The van der Waals surface area contributed by atoms with E-state index in [9.17, 15) is 9.59 Å². The van der Waals surface area contributed by atoms with Gasteiger partial charge in [0.2, 0.25) is 0 Å². The first-order valence-electron chi connectivity index (χ1n) is 9.13. The maximum atomic E-state index is 12.2. The SMILES string of the molecule is Cc1nc(-c2ccc(C(=O)OCC(=O)N3CCCCCC3)cc2)[nH]c1C. The van der Waals surface area contributed by atoms with Gasteiger partial charge in [-0.2, -0.15) is 0 Å². The molecule has 0 aliphatic carbocycles. The van der Waals surface area contributed by atoms with Gasteiger partial charge in [-0.3, -0.25) is 4.79 Å². The van der Waals surface area contributed by atoms with Gasteiger partial charge in [0.1, 0.15) is 5.82 Å². The van der Waals surface area contributed by atoms with Crippen LogP contribution in [0.5, 0.6) is 0 Å². The number of hydrogen-bond acceptors (Lipinski definition) is 4. The van der Waals surface area contributed by atoms with Crippen LogP contribution in [0, 0.1) is 13.8 Å². The Morgan fingerprint density at radius 2 is 1.73 bits per heavy atom. The molecule has 1 aromatic heterocycles. The molecule has 2 heterocycles. The highest BCUT2D eigenvalue weighted by molar-refractivity contribution is 5.91. The third kappa shape index (κ3) is 4.31. The Kier molecular flexibility index (Phi) is 5.71. The largest absolute Gasteiger partial charge is 0.452 e. The molecule has 1 aliphatic rings. The second kappa shape index (κ2) is 8.17. The number of ether oxygens (including phenoxy) is 1. The number of carbonyl (C=O) groups is 2. The Morgan fingerprint density at radius 1 is 1.08 bits per heavy atom. The van der Waals surface area contributed by atoms with Gasteiger partial charge in [-0.15, -0.1) is 0 Å². The zero-order valence-corrected chi connectivity index (χ0v) is 15.4. The zero-order chi connectivity index (χ0) is 18.5. The van der Waals surface area contributed by atoms with E-state index in [2.05, 4.69) is 9.97 Å². The molecule has 6 nitrogen and oxygen atoms in total. The number of nitrogens with one attached hydrogen (secondary N) is 1. The number of H-pyrrole nitrogens is 1. The Hall–Kier alpha value is -2.63. The molecule has 6 heteroatoms. The Labute approximate surface area is 153 Å². The fraction of sp³-hybridized carbons (Fsp3) is 0.450. The van der Waals surface area contributed by atoms with Crippen molar-refractivity contribution < 1.29 is 14.3 Å². The van der Waals surface area contributed by atoms with Gasteiger partial charge in [-0.05, 0) is 38.8 Å². The van der Waals surface area contributed by atoms with Gasteiger partial charge >= 0.3 is 5.97 Å². The number of nitrogens with zero attached hydrogens (tertiary/aromatic N) is 2. The minimum Gasteiger partial charge on any atom is -0.452 e. The van der Waals surface area contributed by atoms with Crippen LogP contribution in [0.1, 0.15) is 47.4 Å². The molecule has 0 radical (unpaired) electrons. The fourth-order valence-electron chi connectivity index (χ4n) is 3.07. The fourth-order valence-corrected chi connectivity index (χ4v) is 3.07. The van der Waals surface area contributed by atoms with Gasteiger partial charge in [0.15, 0.2) is 6.61 Å². The van der Waals surface area contributed by atoms with E-state index in [-0.39, 0.29) is 12.5 Å². The van der Waals surface area contributed by atoms with Gasteiger partial charge in [0.05, 0.1) is 11.3 Å². The highest BCUT2D eigenvalue weighted by Crippen LogP contribution is 2.18. The molecule has 0 spiro atoms. The molecule has 26 heavy (non-hydrogen) atoms. The molecule has 0 bridgehead atoms. The second-order valence-corrected chi connectivity index (χ2v) is 6.74. The Balaban J connectivity index is 1.57. The van der Waals surface area contributed by atoms with Crippen molar-refractivity contribution in [2.75, 3.05) is 19.7 Å². The molecule has 1 aromatic carbocycles. The zero-order valence-electron chi connectivity index (χ0n) is 15.4. The lowest BCUT2D eigenvalue weighted by Gasteiger charge is -2.19. The van der Waals surface area contributed by atoms with Crippen LogP contribution < -0.4 is 0 Å². The van der Waals surface area contributed by atoms with E-state index in [1.807, 2.05) is 26.0 Å². The summed E-state index contributed by atoms with van der Waals surface area (Å²) in [6.07, 6.45) is 4.36. The molecule has 0 saturated carbocycles. The summed E-state index contributed by atoms with van der Waals surface area (Å²) in [5.74, 6) is 0.182. The monoisotopic (exact) mass is 355 g/mol. The summed E-state index contributed by atoms with van der Waals surface area (Å²) in [6, 6.07) is 7.04. The summed E-state index contributed by atoms with van der Waals surface area (Å²) in [7, 11) is 0. The predicted octanol–water partition coefficient (Wildman–Crippen LogP) is 3.25. The van der Waals surface area contributed by atoms with E-state index in [0.717, 1.165) is 61.5 Å². The first-order valence-corrected chi connectivity index (χ1v) is 9.13. The molecular weight excluding hydrogens is 330 g/mol. The van der Waals surface area contributed by atoms with E-state index in [0.29, 0.717) is 5.56 Å². The maximum Gasteiger partial charge on any atom is 0.338 e. The lowest BCUT2D eigenvalue weighted by Crippen LogP contribution is -2.35. The van der Waals surface area contributed by atoms with E-state index in [1.165, 1.54) is 0 Å². The quantitative estimate of drug-likeness (QED) is 0.854. The van der Waals surface area contributed by atoms with Crippen LogP contribution in [-0.2, 0) is 9.53 Å². The highest BCUT2D eigenvalue weighted by Gasteiger charge is 2.18. The van der Waals surface area contributed by atoms with Crippen LogP contribution in [-0.4, -0.2) is 46.4 Å². The molecule has 1 aliphatic heterocycles. The van der Waals surface area contributed by atoms with Gasteiger partial charge in [-0.1, -0.05) is 25.0 Å². The molecule has 138 valence electrons. The molecule has 1 saturated heterocycles. The summed E-state index contributed by atoms with van der Waals surface area (Å²) in [4.78, 5) is 33.8. The number of benzene rings is 1. The van der Waals surface area contributed by atoms with Gasteiger partial charge in [0.25, 0.3) is 5.91 Å². The minimum atomic E-state index is -0.480. The van der Waals surface area contributed by atoms with E-state index >= 15 is 0 Å². The molecule has 2 aromatic rings. The van der Waals surface area contributed by atoms with E-state index < -0.39 is 5.97 Å². The smallest absolute Gasteiger partial charge is 0.338 e. The second-order valence-electron chi connectivity index (χ2n) is 6.74. The summed E-state index contributed by atoms with van der Waals surface area (Å²) in [5, 5.41) is 0. The van der Waals surface area contributed by atoms with Crippen molar-refractivity contribution in [1.29, 1.82) is 0 Å². The van der Waals surface area contributed by atoms with Crippen molar-refractivity contribution in [1.82, 2.24) is 14.9 Å². The number of aromatic nitrogens is 2. The maximum absolute atomic E-state index is 12.2. The molecule has 0 unspecified atom stereocenters. The summed E-state index contributed by atoms with van der Waals surface area (Å²) in [6.45, 7) is 5.23. The molecule has 1 N–H and O–H groups in total. The van der Waals surface area contributed by atoms with Crippen LogP contribution in [0.25, 0.3) is 11.4 Å². The molecule has 0 atom stereocenters. The normalized spacial score (nSPS) is 14.8. The van der Waals surface area contributed by atoms with Crippen LogP contribution in [0.3, 0.4) is 0 Å². The van der Waals surface area contributed by atoms with Crippen LogP contribution in [0.2, 0.25) is 0 Å². The lowest BCUT2D eigenvalue weighted by molar-refractivity contribution is -0.134. The number of hydrogen-bond donors (Lipinski definition) is 1.